The summed E-state index contributed by atoms with van der Waals surface area (Å²) in [6.45, 7) is 2.53. The van der Waals surface area contributed by atoms with Crippen LogP contribution in [0.3, 0.4) is 0 Å². The quantitative estimate of drug-likeness (QED) is 0.496. The third kappa shape index (κ3) is 4.94. The van der Waals surface area contributed by atoms with Crippen LogP contribution in [0.1, 0.15) is 12.5 Å². The lowest BCUT2D eigenvalue weighted by Crippen LogP contribution is -2.10. The predicted molar refractivity (Wildman–Crippen MR) is 106 cm³/mol. The van der Waals surface area contributed by atoms with Crippen LogP contribution in [-0.4, -0.2) is 29.9 Å². The zero-order chi connectivity index (χ0) is 19.1. The lowest BCUT2D eigenvalue weighted by molar-refractivity contribution is 0.340. The molecule has 2 aromatic carbocycles. The van der Waals surface area contributed by atoms with Gasteiger partial charge in [-0.05, 0) is 48.9 Å². The Bertz CT molecular complexity index is 981. The summed E-state index contributed by atoms with van der Waals surface area (Å²) in [5, 5.41) is 4.13. The highest BCUT2D eigenvalue weighted by atomic mass is 16.5. The second kappa shape index (κ2) is 8.66. The van der Waals surface area contributed by atoms with Crippen LogP contribution in [0.15, 0.2) is 64.5 Å². The van der Waals surface area contributed by atoms with Gasteiger partial charge in [-0.1, -0.05) is 12.1 Å². The fraction of sp³-hybridized carbons (Fsp3) is 0.150. The van der Waals surface area contributed by atoms with Crippen molar-refractivity contribution in [2.45, 2.75) is 6.92 Å². The molecule has 0 fully saturated rings. The Kier molecular flexibility index (Phi) is 5.84. The maximum atomic E-state index is 11.9. The van der Waals surface area contributed by atoms with Gasteiger partial charge in [-0.25, -0.2) is 10.4 Å². The third-order valence-corrected chi connectivity index (χ3v) is 3.68. The first kappa shape index (κ1) is 18.2. The topological polar surface area (TPSA) is 88.6 Å². The van der Waals surface area contributed by atoms with E-state index in [9.17, 15) is 4.79 Å². The standard InChI is InChI=1S/C20H20N4O3/c1-3-27-17-6-4-5-14(11-17)13-21-24-20-22-18(12-19(25)23-20)15-7-9-16(26-2)10-8-15/h4-13H,3H2,1-2H3,(H2,22,23,24,25)/b21-13-. The van der Waals surface area contributed by atoms with Gasteiger partial charge in [0.1, 0.15) is 11.5 Å². The second-order valence-corrected chi connectivity index (χ2v) is 5.58. The molecule has 138 valence electrons. The summed E-state index contributed by atoms with van der Waals surface area (Å²) in [5.74, 6) is 1.76. The monoisotopic (exact) mass is 364 g/mol. The Morgan fingerprint density at radius 1 is 1.15 bits per heavy atom. The number of methoxy groups -OCH3 is 1. The second-order valence-electron chi connectivity index (χ2n) is 5.58. The highest BCUT2D eigenvalue weighted by molar-refractivity contribution is 5.80. The Labute approximate surface area is 156 Å². The molecule has 2 N–H and O–H groups in total. The lowest BCUT2D eigenvalue weighted by atomic mass is 10.1. The van der Waals surface area contributed by atoms with E-state index in [1.165, 1.54) is 6.07 Å². The number of rotatable bonds is 7. The molecule has 0 amide bonds. The fourth-order valence-corrected chi connectivity index (χ4v) is 2.44. The smallest absolute Gasteiger partial charge is 0.252 e. The molecule has 3 aromatic rings. The molecule has 27 heavy (non-hydrogen) atoms. The van der Waals surface area contributed by atoms with E-state index < -0.39 is 0 Å². The summed E-state index contributed by atoms with van der Waals surface area (Å²) >= 11 is 0. The van der Waals surface area contributed by atoms with Gasteiger partial charge in [0, 0.05) is 11.6 Å². The zero-order valence-electron chi connectivity index (χ0n) is 15.1. The van der Waals surface area contributed by atoms with Gasteiger partial charge in [-0.2, -0.15) is 5.10 Å². The number of benzene rings is 2. The number of anilines is 1. The van der Waals surface area contributed by atoms with Gasteiger partial charge in [0.15, 0.2) is 0 Å². The van der Waals surface area contributed by atoms with Crippen LogP contribution in [0.4, 0.5) is 5.95 Å². The number of hydrazone groups is 1. The summed E-state index contributed by atoms with van der Waals surface area (Å²) in [7, 11) is 1.60. The van der Waals surface area contributed by atoms with Crippen molar-refractivity contribution in [2.24, 2.45) is 5.10 Å². The van der Waals surface area contributed by atoms with Crippen LogP contribution in [0.5, 0.6) is 11.5 Å². The molecule has 3 rings (SSSR count). The SMILES string of the molecule is CCOc1cccc(/C=N\Nc2nc(-c3ccc(OC)cc3)cc(=O)[nH]2)c1. The van der Waals surface area contributed by atoms with Crippen molar-refractivity contribution in [1.82, 2.24) is 9.97 Å². The maximum Gasteiger partial charge on any atom is 0.252 e. The summed E-state index contributed by atoms with van der Waals surface area (Å²) in [6.07, 6.45) is 1.63. The van der Waals surface area contributed by atoms with Crippen molar-refractivity contribution in [1.29, 1.82) is 0 Å². The molecule has 7 nitrogen and oxygen atoms in total. The number of hydrogen-bond donors (Lipinski definition) is 2. The largest absolute Gasteiger partial charge is 0.497 e. The van der Waals surface area contributed by atoms with Crippen LogP contribution < -0.4 is 20.5 Å². The minimum Gasteiger partial charge on any atom is -0.497 e. The number of ether oxygens (including phenoxy) is 2. The number of nitrogens with zero attached hydrogens (tertiary/aromatic N) is 2. The summed E-state index contributed by atoms with van der Waals surface area (Å²) in [4.78, 5) is 18.9. The first-order valence-electron chi connectivity index (χ1n) is 8.45. The van der Waals surface area contributed by atoms with Crippen LogP contribution in [0, 0.1) is 0 Å². The highest BCUT2D eigenvalue weighted by Crippen LogP contribution is 2.20. The minimum absolute atomic E-state index is 0.255. The maximum absolute atomic E-state index is 11.9. The van der Waals surface area contributed by atoms with E-state index in [4.69, 9.17) is 9.47 Å². The Morgan fingerprint density at radius 2 is 1.96 bits per heavy atom. The minimum atomic E-state index is -0.271. The summed E-state index contributed by atoms with van der Waals surface area (Å²) < 4.78 is 10.6. The lowest BCUT2D eigenvalue weighted by Gasteiger charge is -2.05. The van der Waals surface area contributed by atoms with Gasteiger partial charge in [0.2, 0.25) is 5.95 Å². The Balaban J connectivity index is 1.76. The number of H-pyrrole nitrogens is 1. The molecule has 0 saturated heterocycles. The van der Waals surface area contributed by atoms with E-state index in [0.29, 0.717) is 12.3 Å². The van der Waals surface area contributed by atoms with Crippen molar-refractivity contribution in [2.75, 3.05) is 19.1 Å². The normalized spacial score (nSPS) is 10.7. The van der Waals surface area contributed by atoms with Gasteiger partial charge in [0.05, 0.1) is 25.6 Å². The Hall–Kier alpha value is -3.61. The molecule has 0 aliphatic rings. The molecule has 1 aromatic heterocycles. The van der Waals surface area contributed by atoms with E-state index >= 15 is 0 Å². The molecule has 0 bridgehead atoms. The molecular weight excluding hydrogens is 344 g/mol. The molecule has 1 heterocycles. The number of nitrogens with one attached hydrogen (secondary N) is 2. The van der Waals surface area contributed by atoms with Crippen molar-refractivity contribution in [3.63, 3.8) is 0 Å². The van der Waals surface area contributed by atoms with Crippen LogP contribution in [0.25, 0.3) is 11.3 Å². The first-order valence-corrected chi connectivity index (χ1v) is 8.45. The number of aromatic nitrogens is 2. The summed E-state index contributed by atoms with van der Waals surface area (Å²) in [5.41, 5.74) is 4.69. The zero-order valence-corrected chi connectivity index (χ0v) is 15.1. The van der Waals surface area contributed by atoms with Crippen molar-refractivity contribution in [3.8, 4) is 22.8 Å². The van der Waals surface area contributed by atoms with Gasteiger partial charge in [-0.15, -0.1) is 0 Å². The molecule has 7 heteroatoms. The molecule has 0 spiro atoms. The highest BCUT2D eigenvalue weighted by Gasteiger charge is 2.04. The average Bonchev–Trinajstić information content (AvgIpc) is 2.68. The molecule has 0 aliphatic heterocycles. The van der Waals surface area contributed by atoms with Crippen molar-refractivity contribution < 1.29 is 9.47 Å². The molecule has 0 saturated carbocycles. The number of aromatic amines is 1. The summed E-state index contributed by atoms with van der Waals surface area (Å²) in [6, 6.07) is 16.3. The van der Waals surface area contributed by atoms with Crippen LogP contribution >= 0.6 is 0 Å². The first-order chi connectivity index (χ1) is 13.2. The predicted octanol–water partition coefficient (Wildman–Crippen LogP) is 3.29. The third-order valence-electron chi connectivity index (χ3n) is 3.68. The van der Waals surface area contributed by atoms with Gasteiger partial charge < -0.3 is 9.47 Å². The molecule has 0 aliphatic carbocycles. The molecule has 0 unspecified atom stereocenters. The van der Waals surface area contributed by atoms with E-state index in [-0.39, 0.29) is 11.5 Å². The molecular formula is C20H20N4O3. The van der Waals surface area contributed by atoms with Crippen molar-refractivity contribution in [3.05, 3.63) is 70.5 Å². The fourth-order valence-electron chi connectivity index (χ4n) is 2.44. The van der Waals surface area contributed by atoms with E-state index in [0.717, 1.165) is 22.6 Å². The average molecular weight is 364 g/mol. The van der Waals surface area contributed by atoms with Gasteiger partial charge in [0.25, 0.3) is 5.56 Å². The van der Waals surface area contributed by atoms with Gasteiger partial charge >= 0.3 is 0 Å². The van der Waals surface area contributed by atoms with E-state index in [1.54, 1.807) is 13.3 Å². The van der Waals surface area contributed by atoms with Crippen molar-refractivity contribution >= 4 is 12.2 Å². The molecule has 0 atom stereocenters. The number of hydrogen-bond acceptors (Lipinski definition) is 6. The molecule has 0 radical (unpaired) electrons. The van der Waals surface area contributed by atoms with E-state index in [1.807, 2.05) is 55.5 Å². The van der Waals surface area contributed by atoms with E-state index in [2.05, 4.69) is 20.5 Å². The van der Waals surface area contributed by atoms with Crippen LogP contribution in [-0.2, 0) is 0 Å². The van der Waals surface area contributed by atoms with Crippen LogP contribution in [0.2, 0.25) is 0 Å². The van der Waals surface area contributed by atoms with Gasteiger partial charge in [-0.3, -0.25) is 9.78 Å². The Morgan fingerprint density at radius 3 is 2.70 bits per heavy atom.